The fourth-order valence-corrected chi connectivity index (χ4v) is 2.21. The molecule has 19 heavy (non-hydrogen) atoms. The zero-order valence-corrected chi connectivity index (χ0v) is 10.8. The minimum atomic E-state index is -0.510. The van der Waals surface area contributed by atoms with E-state index >= 15 is 0 Å². The van der Waals surface area contributed by atoms with Gasteiger partial charge in [-0.2, -0.15) is 0 Å². The van der Waals surface area contributed by atoms with Gasteiger partial charge in [0.15, 0.2) is 0 Å². The molecule has 0 spiro atoms. The summed E-state index contributed by atoms with van der Waals surface area (Å²) in [5.74, 6) is -1.36. The van der Waals surface area contributed by atoms with Gasteiger partial charge < -0.3 is 10.1 Å². The Kier molecular flexibility index (Phi) is 4.47. The van der Waals surface area contributed by atoms with Crippen LogP contribution in [0.1, 0.15) is 31.4 Å². The molecule has 2 atom stereocenters. The highest BCUT2D eigenvalue weighted by Crippen LogP contribution is 2.22. The first-order chi connectivity index (χ1) is 9.11. The summed E-state index contributed by atoms with van der Waals surface area (Å²) in [6.45, 7) is 2.79. The maximum Gasteiger partial charge on any atom is 0.226 e. The van der Waals surface area contributed by atoms with Gasteiger partial charge in [0.25, 0.3) is 0 Å². The Morgan fingerprint density at radius 2 is 2.32 bits per heavy atom. The molecule has 1 N–H and O–H groups in total. The predicted molar refractivity (Wildman–Crippen MR) is 66.5 cm³/mol. The summed E-state index contributed by atoms with van der Waals surface area (Å²) in [7, 11) is 0. The minimum absolute atomic E-state index is 0.159. The second-order valence-electron chi connectivity index (χ2n) is 4.70. The highest BCUT2D eigenvalue weighted by atomic mass is 19.1. The van der Waals surface area contributed by atoms with Crippen molar-refractivity contribution in [3.05, 3.63) is 35.4 Å². The third kappa shape index (κ3) is 3.29. The van der Waals surface area contributed by atoms with Crippen LogP contribution in [0.15, 0.2) is 18.2 Å². The summed E-state index contributed by atoms with van der Waals surface area (Å²) in [6.07, 6.45) is 1.17. The van der Waals surface area contributed by atoms with Gasteiger partial charge >= 0.3 is 0 Å². The Labute approximate surface area is 111 Å². The van der Waals surface area contributed by atoms with Gasteiger partial charge in [-0.15, -0.1) is 0 Å². The number of hydrogen-bond acceptors (Lipinski definition) is 2. The van der Waals surface area contributed by atoms with E-state index in [4.69, 9.17) is 4.74 Å². The summed E-state index contributed by atoms with van der Waals surface area (Å²) in [5.41, 5.74) is 0.190. The highest BCUT2D eigenvalue weighted by molar-refractivity contribution is 5.79. The van der Waals surface area contributed by atoms with Gasteiger partial charge in [-0.25, -0.2) is 8.78 Å². The Hall–Kier alpha value is -1.49. The molecule has 1 aliphatic heterocycles. The normalized spacial score (nSPS) is 20.3. The van der Waals surface area contributed by atoms with Gasteiger partial charge in [0.1, 0.15) is 11.6 Å². The standard InChI is InChI=1S/C14H17F2NO2/c1-2-13(11-7-10(15)3-4-12(11)16)17-14(18)9-5-6-19-8-9/h3-4,7,9,13H,2,5-6,8H2,1H3,(H,17,18)/t9-,13+/m0/s1. The fraction of sp³-hybridized carbons (Fsp3) is 0.500. The van der Waals surface area contributed by atoms with Gasteiger partial charge in [0.2, 0.25) is 5.91 Å². The number of nitrogens with one attached hydrogen (secondary N) is 1. The van der Waals surface area contributed by atoms with Crippen molar-refractivity contribution in [3.63, 3.8) is 0 Å². The van der Waals surface area contributed by atoms with Crippen molar-refractivity contribution in [1.29, 1.82) is 0 Å². The van der Waals surface area contributed by atoms with Gasteiger partial charge in [-0.3, -0.25) is 4.79 Å². The molecular weight excluding hydrogens is 252 g/mol. The molecule has 0 unspecified atom stereocenters. The Morgan fingerprint density at radius 3 is 2.95 bits per heavy atom. The van der Waals surface area contributed by atoms with E-state index in [0.717, 1.165) is 18.2 Å². The molecule has 1 aromatic rings. The zero-order valence-electron chi connectivity index (χ0n) is 10.8. The molecule has 104 valence electrons. The first-order valence-corrected chi connectivity index (χ1v) is 6.45. The van der Waals surface area contributed by atoms with Crippen molar-refractivity contribution >= 4 is 5.91 Å². The number of ether oxygens (including phenoxy) is 1. The molecule has 1 heterocycles. The van der Waals surface area contributed by atoms with Crippen LogP contribution < -0.4 is 5.32 Å². The Bertz CT molecular complexity index is 459. The van der Waals surface area contributed by atoms with E-state index in [1.54, 1.807) is 0 Å². The molecule has 5 heteroatoms. The van der Waals surface area contributed by atoms with Crippen molar-refractivity contribution in [2.45, 2.75) is 25.8 Å². The van der Waals surface area contributed by atoms with Crippen LogP contribution in [0.2, 0.25) is 0 Å². The molecule has 1 amide bonds. The smallest absolute Gasteiger partial charge is 0.226 e. The fourth-order valence-electron chi connectivity index (χ4n) is 2.21. The Balaban J connectivity index is 2.10. The number of amides is 1. The van der Waals surface area contributed by atoms with E-state index in [2.05, 4.69) is 5.32 Å². The lowest BCUT2D eigenvalue weighted by Crippen LogP contribution is -2.34. The lowest BCUT2D eigenvalue weighted by Gasteiger charge is -2.20. The summed E-state index contributed by atoms with van der Waals surface area (Å²) < 4.78 is 32.0. The zero-order chi connectivity index (χ0) is 13.8. The highest BCUT2D eigenvalue weighted by Gasteiger charge is 2.26. The number of rotatable bonds is 4. The van der Waals surface area contributed by atoms with E-state index in [9.17, 15) is 13.6 Å². The van der Waals surface area contributed by atoms with Gasteiger partial charge in [-0.05, 0) is 31.0 Å². The third-order valence-corrected chi connectivity index (χ3v) is 3.36. The molecule has 1 fully saturated rings. The maximum atomic E-state index is 13.7. The average molecular weight is 269 g/mol. The first-order valence-electron chi connectivity index (χ1n) is 6.45. The summed E-state index contributed by atoms with van der Waals surface area (Å²) in [5, 5.41) is 2.77. The Morgan fingerprint density at radius 1 is 1.53 bits per heavy atom. The van der Waals surface area contributed by atoms with Crippen molar-refractivity contribution < 1.29 is 18.3 Å². The molecule has 3 nitrogen and oxygen atoms in total. The molecule has 0 bridgehead atoms. The lowest BCUT2D eigenvalue weighted by molar-refractivity contribution is -0.125. The monoisotopic (exact) mass is 269 g/mol. The second-order valence-corrected chi connectivity index (χ2v) is 4.70. The summed E-state index contributed by atoms with van der Waals surface area (Å²) in [6, 6.07) is 2.77. The van der Waals surface area contributed by atoms with Crippen LogP contribution in [0.4, 0.5) is 8.78 Å². The molecule has 2 rings (SSSR count). The molecule has 0 saturated carbocycles. The van der Waals surface area contributed by atoms with E-state index in [0.29, 0.717) is 26.1 Å². The van der Waals surface area contributed by atoms with Crippen LogP contribution in [-0.2, 0) is 9.53 Å². The molecule has 0 aromatic heterocycles. The van der Waals surface area contributed by atoms with Gasteiger partial charge in [-0.1, -0.05) is 6.92 Å². The largest absolute Gasteiger partial charge is 0.381 e. The molecule has 1 aromatic carbocycles. The van der Waals surface area contributed by atoms with Crippen molar-refractivity contribution in [3.8, 4) is 0 Å². The number of hydrogen-bond donors (Lipinski definition) is 1. The summed E-state index contributed by atoms with van der Waals surface area (Å²) in [4.78, 5) is 12.0. The lowest BCUT2D eigenvalue weighted by atomic mass is 10.0. The van der Waals surface area contributed by atoms with E-state index in [1.807, 2.05) is 6.92 Å². The van der Waals surface area contributed by atoms with Gasteiger partial charge in [0.05, 0.1) is 18.6 Å². The van der Waals surface area contributed by atoms with E-state index in [1.165, 1.54) is 0 Å². The van der Waals surface area contributed by atoms with E-state index in [-0.39, 0.29) is 17.4 Å². The summed E-state index contributed by atoms with van der Waals surface area (Å²) >= 11 is 0. The molecular formula is C14H17F2NO2. The number of halogens is 2. The topological polar surface area (TPSA) is 38.3 Å². The van der Waals surface area contributed by atoms with Crippen LogP contribution in [0.3, 0.4) is 0 Å². The predicted octanol–water partition coefficient (Wildman–Crippen LogP) is 2.57. The van der Waals surface area contributed by atoms with Crippen LogP contribution in [0, 0.1) is 17.6 Å². The number of carbonyl (C=O) groups excluding carboxylic acids is 1. The SMILES string of the molecule is CC[C@@H](NC(=O)[C@H]1CCOC1)c1cc(F)ccc1F. The van der Waals surface area contributed by atoms with Gasteiger partial charge in [0, 0.05) is 12.2 Å². The average Bonchev–Trinajstić information content (AvgIpc) is 2.93. The number of carbonyl (C=O) groups is 1. The molecule has 0 radical (unpaired) electrons. The quantitative estimate of drug-likeness (QED) is 0.912. The molecule has 1 aliphatic rings. The van der Waals surface area contributed by atoms with E-state index < -0.39 is 17.7 Å². The second kappa shape index (κ2) is 6.10. The van der Waals surface area contributed by atoms with Crippen molar-refractivity contribution in [1.82, 2.24) is 5.32 Å². The van der Waals surface area contributed by atoms with Crippen LogP contribution in [0.5, 0.6) is 0 Å². The third-order valence-electron chi connectivity index (χ3n) is 3.36. The maximum absolute atomic E-state index is 13.7. The number of benzene rings is 1. The van der Waals surface area contributed by atoms with Crippen LogP contribution >= 0.6 is 0 Å². The van der Waals surface area contributed by atoms with Crippen LogP contribution in [-0.4, -0.2) is 19.1 Å². The molecule has 0 aliphatic carbocycles. The van der Waals surface area contributed by atoms with Crippen molar-refractivity contribution in [2.75, 3.05) is 13.2 Å². The van der Waals surface area contributed by atoms with Crippen LogP contribution in [0.25, 0.3) is 0 Å². The first kappa shape index (κ1) is 13.9. The molecule has 1 saturated heterocycles. The minimum Gasteiger partial charge on any atom is -0.381 e. The van der Waals surface area contributed by atoms with Crippen molar-refractivity contribution in [2.24, 2.45) is 5.92 Å².